The Morgan fingerprint density at radius 1 is 1.18 bits per heavy atom. The lowest BCUT2D eigenvalue weighted by Crippen LogP contribution is -2.24. The lowest BCUT2D eigenvalue weighted by molar-refractivity contribution is -0.138. The second kappa shape index (κ2) is 7.30. The summed E-state index contributed by atoms with van der Waals surface area (Å²) in [5.41, 5.74) is 0.159. The second-order valence-electron chi connectivity index (χ2n) is 7.05. The van der Waals surface area contributed by atoms with Crippen LogP contribution in [0.5, 0.6) is 5.75 Å². The van der Waals surface area contributed by atoms with Crippen LogP contribution in [0.25, 0.3) is 10.8 Å². The number of alkyl halides is 3. The molecular weight excluding hydrogens is 367 g/mol. The van der Waals surface area contributed by atoms with Gasteiger partial charge >= 0.3 is 6.18 Å². The first kappa shape index (κ1) is 18.5. The van der Waals surface area contributed by atoms with Gasteiger partial charge in [-0.2, -0.15) is 18.3 Å². The Balaban J connectivity index is 1.59. The standard InChI is InChI=1S/C21H20F3N3O/c1-13-14(4-2-7-19(13)21(22,23)24)11-25-20-18-10-17(28-16-5-3-6-16)9-8-15(18)12-26-27-20/h2,4,7-10,12,16H,3,5-6,11H2,1H3,(H,25,27). The highest BCUT2D eigenvalue weighted by Crippen LogP contribution is 2.33. The summed E-state index contributed by atoms with van der Waals surface area (Å²) in [5.74, 6) is 1.29. The Labute approximate surface area is 160 Å². The van der Waals surface area contributed by atoms with E-state index in [1.54, 1.807) is 12.3 Å². The van der Waals surface area contributed by atoms with Crippen molar-refractivity contribution in [3.63, 3.8) is 0 Å². The number of halogens is 3. The van der Waals surface area contributed by atoms with Gasteiger partial charge in [-0.1, -0.05) is 12.1 Å². The van der Waals surface area contributed by atoms with Crippen LogP contribution in [-0.2, 0) is 12.7 Å². The molecule has 4 rings (SSSR count). The molecule has 1 N–H and O–H groups in total. The van der Waals surface area contributed by atoms with Crippen LogP contribution in [0.2, 0.25) is 0 Å². The van der Waals surface area contributed by atoms with E-state index in [1.807, 2.05) is 18.2 Å². The van der Waals surface area contributed by atoms with Gasteiger partial charge in [0.15, 0.2) is 5.82 Å². The van der Waals surface area contributed by atoms with E-state index in [0.29, 0.717) is 11.4 Å². The van der Waals surface area contributed by atoms with Gasteiger partial charge < -0.3 is 10.1 Å². The summed E-state index contributed by atoms with van der Waals surface area (Å²) in [6.07, 6.45) is 0.860. The van der Waals surface area contributed by atoms with Crippen LogP contribution >= 0.6 is 0 Å². The van der Waals surface area contributed by atoms with Crippen LogP contribution < -0.4 is 10.1 Å². The van der Waals surface area contributed by atoms with Crippen molar-refractivity contribution in [3.8, 4) is 5.75 Å². The lowest BCUT2D eigenvalue weighted by Gasteiger charge is -2.26. The van der Waals surface area contributed by atoms with Gasteiger partial charge in [0.25, 0.3) is 0 Å². The van der Waals surface area contributed by atoms with E-state index in [2.05, 4.69) is 15.5 Å². The van der Waals surface area contributed by atoms with Crippen molar-refractivity contribution >= 4 is 16.6 Å². The number of nitrogens with zero attached hydrogens (tertiary/aromatic N) is 2. The number of hydrogen-bond donors (Lipinski definition) is 1. The molecule has 0 radical (unpaired) electrons. The van der Waals surface area contributed by atoms with E-state index in [9.17, 15) is 13.2 Å². The molecule has 0 atom stereocenters. The maximum absolute atomic E-state index is 13.1. The minimum atomic E-state index is -4.37. The molecule has 3 aromatic rings. The number of fused-ring (bicyclic) bond motifs is 1. The number of aromatic nitrogens is 2. The van der Waals surface area contributed by atoms with Gasteiger partial charge in [-0.05, 0) is 61.6 Å². The van der Waals surface area contributed by atoms with Gasteiger partial charge in [0.05, 0.1) is 17.9 Å². The summed E-state index contributed by atoms with van der Waals surface area (Å²) in [4.78, 5) is 0. The van der Waals surface area contributed by atoms with Gasteiger partial charge in [-0.15, -0.1) is 5.10 Å². The van der Waals surface area contributed by atoms with Gasteiger partial charge in [-0.25, -0.2) is 0 Å². The van der Waals surface area contributed by atoms with Crippen LogP contribution in [-0.4, -0.2) is 16.3 Å². The summed E-state index contributed by atoms with van der Waals surface area (Å²) in [5, 5.41) is 13.0. The molecular formula is C21H20F3N3O. The highest BCUT2D eigenvalue weighted by Gasteiger charge is 2.32. The zero-order valence-electron chi connectivity index (χ0n) is 15.4. The van der Waals surface area contributed by atoms with Gasteiger partial charge in [0, 0.05) is 17.3 Å². The average molecular weight is 387 g/mol. The van der Waals surface area contributed by atoms with E-state index < -0.39 is 11.7 Å². The summed E-state index contributed by atoms with van der Waals surface area (Å²) in [6.45, 7) is 1.70. The Morgan fingerprint density at radius 2 is 2.00 bits per heavy atom. The van der Waals surface area contributed by atoms with Crippen LogP contribution in [0.3, 0.4) is 0 Å². The SMILES string of the molecule is Cc1c(CNc2nncc3ccc(OC4CCC4)cc23)cccc1C(F)(F)F. The molecule has 1 fully saturated rings. The summed E-state index contributed by atoms with van der Waals surface area (Å²) < 4.78 is 45.3. The van der Waals surface area contributed by atoms with Crippen molar-refractivity contribution in [2.24, 2.45) is 0 Å². The topological polar surface area (TPSA) is 47.0 Å². The molecule has 0 unspecified atom stereocenters. The summed E-state index contributed by atoms with van der Waals surface area (Å²) in [7, 11) is 0. The smallest absolute Gasteiger partial charge is 0.416 e. The molecule has 0 amide bonds. The molecule has 0 saturated heterocycles. The number of ether oxygens (including phenoxy) is 1. The van der Waals surface area contributed by atoms with Crippen molar-refractivity contribution < 1.29 is 17.9 Å². The van der Waals surface area contributed by atoms with Crippen molar-refractivity contribution in [2.75, 3.05) is 5.32 Å². The maximum atomic E-state index is 13.1. The Bertz CT molecular complexity index is 1000. The number of benzene rings is 2. The predicted molar refractivity (Wildman–Crippen MR) is 101 cm³/mol. The molecule has 1 aromatic heterocycles. The van der Waals surface area contributed by atoms with Crippen LogP contribution in [0.4, 0.5) is 19.0 Å². The van der Waals surface area contributed by atoms with Gasteiger partial charge in [0.1, 0.15) is 5.75 Å². The summed E-state index contributed by atoms with van der Waals surface area (Å²) >= 11 is 0. The fourth-order valence-electron chi connectivity index (χ4n) is 3.30. The maximum Gasteiger partial charge on any atom is 0.416 e. The zero-order chi connectivity index (χ0) is 19.7. The predicted octanol–water partition coefficient (Wildman–Crippen LogP) is 5.50. The molecule has 2 aromatic carbocycles. The molecule has 0 aliphatic heterocycles. The Hall–Kier alpha value is -2.83. The molecule has 1 aliphatic carbocycles. The fraction of sp³-hybridized carbons (Fsp3) is 0.333. The molecule has 0 spiro atoms. The molecule has 146 valence electrons. The third-order valence-corrected chi connectivity index (χ3v) is 5.19. The molecule has 7 heteroatoms. The minimum Gasteiger partial charge on any atom is -0.490 e. The van der Waals surface area contributed by atoms with Crippen molar-refractivity contribution in [2.45, 2.75) is 45.0 Å². The molecule has 1 aliphatic rings. The summed E-state index contributed by atoms with van der Waals surface area (Å²) in [6, 6.07) is 9.93. The van der Waals surface area contributed by atoms with Crippen LogP contribution in [0, 0.1) is 6.92 Å². The Morgan fingerprint density at radius 3 is 2.71 bits per heavy atom. The molecule has 1 heterocycles. The van der Waals surface area contributed by atoms with Crippen LogP contribution in [0.15, 0.2) is 42.6 Å². The van der Waals surface area contributed by atoms with E-state index >= 15 is 0 Å². The van der Waals surface area contributed by atoms with E-state index in [-0.39, 0.29) is 18.2 Å². The number of anilines is 1. The van der Waals surface area contributed by atoms with E-state index in [0.717, 1.165) is 35.4 Å². The number of nitrogens with one attached hydrogen (secondary N) is 1. The monoisotopic (exact) mass is 387 g/mol. The molecule has 0 bridgehead atoms. The number of hydrogen-bond acceptors (Lipinski definition) is 4. The largest absolute Gasteiger partial charge is 0.490 e. The first-order valence-corrected chi connectivity index (χ1v) is 9.23. The molecule has 4 nitrogen and oxygen atoms in total. The van der Waals surface area contributed by atoms with Crippen molar-refractivity contribution in [3.05, 3.63) is 59.3 Å². The normalized spacial score (nSPS) is 14.7. The highest BCUT2D eigenvalue weighted by molar-refractivity contribution is 5.92. The first-order chi connectivity index (χ1) is 13.4. The minimum absolute atomic E-state index is 0.213. The second-order valence-corrected chi connectivity index (χ2v) is 7.05. The molecule has 28 heavy (non-hydrogen) atoms. The molecule has 1 saturated carbocycles. The third-order valence-electron chi connectivity index (χ3n) is 5.19. The first-order valence-electron chi connectivity index (χ1n) is 9.23. The van der Waals surface area contributed by atoms with E-state index in [1.165, 1.54) is 19.4 Å². The van der Waals surface area contributed by atoms with Crippen molar-refractivity contribution in [1.82, 2.24) is 10.2 Å². The van der Waals surface area contributed by atoms with Gasteiger partial charge in [0.2, 0.25) is 0 Å². The highest BCUT2D eigenvalue weighted by atomic mass is 19.4. The zero-order valence-corrected chi connectivity index (χ0v) is 15.4. The quantitative estimate of drug-likeness (QED) is 0.628. The average Bonchev–Trinajstić information content (AvgIpc) is 2.63. The lowest BCUT2D eigenvalue weighted by atomic mass is 9.96. The Kier molecular flexibility index (Phi) is 4.83. The van der Waals surface area contributed by atoms with Crippen molar-refractivity contribution in [1.29, 1.82) is 0 Å². The third kappa shape index (κ3) is 3.74. The van der Waals surface area contributed by atoms with Gasteiger partial charge in [-0.3, -0.25) is 0 Å². The fourth-order valence-corrected chi connectivity index (χ4v) is 3.30. The van der Waals surface area contributed by atoms with Crippen LogP contribution in [0.1, 0.15) is 36.0 Å². The van der Waals surface area contributed by atoms with E-state index in [4.69, 9.17) is 4.74 Å². The number of rotatable bonds is 5.